The van der Waals surface area contributed by atoms with Crippen molar-refractivity contribution in [3.8, 4) is 5.75 Å². The Labute approximate surface area is 103 Å². The molecule has 2 aromatic rings. The molecule has 0 amide bonds. The van der Waals surface area contributed by atoms with Crippen molar-refractivity contribution in [3.05, 3.63) is 48.4 Å². The standard InChI is InChI=1S/C13H12O3S/c14-13(10-5-3-7-15-10)11-8-17-12-6-2-1-4-9(12)16-11/h1-7,11,13-14H,8H2. The number of aliphatic hydroxyl groups is 1. The molecular formula is C13H12O3S. The van der Waals surface area contributed by atoms with Crippen LogP contribution in [0.2, 0.25) is 0 Å². The van der Waals surface area contributed by atoms with Gasteiger partial charge in [-0.15, -0.1) is 11.8 Å². The Kier molecular flexibility index (Phi) is 2.82. The molecule has 0 aliphatic carbocycles. The average Bonchev–Trinajstić information content (AvgIpc) is 2.91. The molecule has 0 radical (unpaired) electrons. The zero-order valence-corrected chi connectivity index (χ0v) is 9.89. The first-order valence-corrected chi connectivity index (χ1v) is 6.43. The van der Waals surface area contributed by atoms with Gasteiger partial charge in [-0.3, -0.25) is 0 Å². The molecule has 2 atom stereocenters. The lowest BCUT2D eigenvalue weighted by Crippen LogP contribution is -2.30. The lowest BCUT2D eigenvalue weighted by atomic mass is 10.1. The number of fused-ring (bicyclic) bond motifs is 1. The van der Waals surface area contributed by atoms with Crippen LogP contribution < -0.4 is 4.74 Å². The maximum atomic E-state index is 10.1. The average molecular weight is 248 g/mol. The first-order valence-electron chi connectivity index (χ1n) is 5.44. The Morgan fingerprint density at radius 1 is 1.24 bits per heavy atom. The Bertz CT molecular complexity index is 495. The van der Waals surface area contributed by atoms with Crippen molar-refractivity contribution < 1.29 is 14.3 Å². The summed E-state index contributed by atoms with van der Waals surface area (Å²) in [5.41, 5.74) is 0. The van der Waals surface area contributed by atoms with Crippen molar-refractivity contribution in [1.82, 2.24) is 0 Å². The largest absolute Gasteiger partial charge is 0.485 e. The van der Waals surface area contributed by atoms with E-state index in [0.29, 0.717) is 5.76 Å². The number of aliphatic hydroxyl groups excluding tert-OH is 1. The van der Waals surface area contributed by atoms with Crippen molar-refractivity contribution in [2.75, 3.05) is 5.75 Å². The zero-order chi connectivity index (χ0) is 11.7. The van der Waals surface area contributed by atoms with Gasteiger partial charge < -0.3 is 14.3 Å². The van der Waals surface area contributed by atoms with Crippen LogP contribution in [0.4, 0.5) is 0 Å². The first kappa shape index (κ1) is 10.7. The number of rotatable bonds is 2. The molecule has 1 aliphatic heterocycles. The van der Waals surface area contributed by atoms with Crippen molar-refractivity contribution in [2.24, 2.45) is 0 Å². The van der Waals surface area contributed by atoms with Gasteiger partial charge in [-0.2, -0.15) is 0 Å². The normalized spacial score (nSPS) is 20.4. The minimum Gasteiger partial charge on any atom is -0.485 e. The van der Waals surface area contributed by atoms with Crippen molar-refractivity contribution in [3.63, 3.8) is 0 Å². The second-order valence-electron chi connectivity index (χ2n) is 3.87. The molecule has 1 aromatic carbocycles. The fraction of sp³-hybridized carbons (Fsp3) is 0.231. The molecule has 3 nitrogen and oxygen atoms in total. The van der Waals surface area contributed by atoms with E-state index in [4.69, 9.17) is 9.15 Å². The molecule has 1 N–H and O–H groups in total. The predicted molar refractivity (Wildman–Crippen MR) is 65.2 cm³/mol. The fourth-order valence-electron chi connectivity index (χ4n) is 1.83. The molecule has 2 heterocycles. The summed E-state index contributed by atoms with van der Waals surface area (Å²) in [4.78, 5) is 1.12. The van der Waals surface area contributed by atoms with Crippen molar-refractivity contribution in [2.45, 2.75) is 17.1 Å². The minimum absolute atomic E-state index is 0.263. The third kappa shape index (κ3) is 2.06. The van der Waals surface area contributed by atoms with Gasteiger partial charge in [0.2, 0.25) is 0 Å². The van der Waals surface area contributed by atoms with Crippen LogP contribution >= 0.6 is 11.8 Å². The molecule has 0 spiro atoms. The summed E-state index contributed by atoms with van der Waals surface area (Å²) in [6.45, 7) is 0. The van der Waals surface area contributed by atoms with Crippen LogP contribution in [0.15, 0.2) is 52.0 Å². The summed E-state index contributed by atoms with van der Waals surface area (Å²) in [5.74, 6) is 2.10. The molecule has 0 bridgehead atoms. The third-order valence-electron chi connectivity index (χ3n) is 2.72. The van der Waals surface area contributed by atoms with Gasteiger partial charge in [0, 0.05) is 10.6 Å². The number of ether oxygens (including phenoxy) is 1. The highest BCUT2D eigenvalue weighted by Gasteiger charge is 2.29. The molecular weight excluding hydrogens is 236 g/mol. The fourth-order valence-corrected chi connectivity index (χ4v) is 2.86. The van der Waals surface area contributed by atoms with Crippen LogP contribution in [0.25, 0.3) is 0 Å². The highest BCUT2D eigenvalue weighted by molar-refractivity contribution is 7.99. The molecule has 2 unspecified atom stereocenters. The van der Waals surface area contributed by atoms with Gasteiger partial charge in [0.15, 0.2) is 0 Å². The molecule has 88 valence electrons. The first-order chi connectivity index (χ1) is 8.34. The van der Waals surface area contributed by atoms with E-state index in [9.17, 15) is 5.11 Å². The lowest BCUT2D eigenvalue weighted by Gasteiger charge is -2.28. The topological polar surface area (TPSA) is 42.6 Å². The maximum absolute atomic E-state index is 10.1. The van der Waals surface area contributed by atoms with E-state index in [1.54, 1.807) is 30.2 Å². The van der Waals surface area contributed by atoms with E-state index in [-0.39, 0.29) is 6.10 Å². The van der Waals surface area contributed by atoms with Gasteiger partial charge in [0.05, 0.1) is 6.26 Å². The van der Waals surface area contributed by atoms with Crippen LogP contribution in [0.3, 0.4) is 0 Å². The Hall–Kier alpha value is -1.39. The SMILES string of the molecule is OC(c1ccco1)C1CSc2ccccc2O1. The molecule has 3 rings (SSSR count). The highest BCUT2D eigenvalue weighted by Crippen LogP contribution is 2.38. The molecule has 0 saturated heterocycles. The van der Waals surface area contributed by atoms with Crippen molar-refractivity contribution in [1.29, 1.82) is 0 Å². The zero-order valence-electron chi connectivity index (χ0n) is 9.08. The summed E-state index contributed by atoms with van der Waals surface area (Å²) in [5, 5.41) is 10.1. The van der Waals surface area contributed by atoms with Crippen LogP contribution in [0.5, 0.6) is 5.75 Å². The summed E-state index contributed by atoms with van der Waals surface area (Å²) in [6.07, 6.45) is 0.578. The van der Waals surface area contributed by atoms with Crippen LogP contribution in [0.1, 0.15) is 11.9 Å². The highest BCUT2D eigenvalue weighted by atomic mass is 32.2. The van der Waals surface area contributed by atoms with E-state index in [1.165, 1.54) is 0 Å². The molecule has 1 aromatic heterocycles. The monoisotopic (exact) mass is 248 g/mol. The smallest absolute Gasteiger partial charge is 0.149 e. The van der Waals surface area contributed by atoms with Gasteiger partial charge in [-0.05, 0) is 24.3 Å². The number of hydrogen-bond donors (Lipinski definition) is 1. The number of furan rings is 1. The molecule has 1 aliphatic rings. The number of benzene rings is 1. The Balaban J connectivity index is 1.80. The van der Waals surface area contributed by atoms with E-state index in [2.05, 4.69) is 0 Å². The van der Waals surface area contributed by atoms with Gasteiger partial charge in [0.25, 0.3) is 0 Å². The van der Waals surface area contributed by atoms with E-state index in [0.717, 1.165) is 16.4 Å². The second-order valence-corrected chi connectivity index (χ2v) is 4.94. The quantitative estimate of drug-likeness (QED) is 0.887. The summed E-state index contributed by atoms with van der Waals surface area (Å²) in [6, 6.07) is 11.4. The molecule has 4 heteroatoms. The van der Waals surface area contributed by atoms with E-state index < -0.39 is 6.10 Å². The lowest BCUT2D eigenvalue weighted by molar-refractivity contribution is 0.0312. The van der Waals surface area contributed by atoms with Crippen LogP contribution in [-0.2, 0) is 0 Å². The summed E-state index contributed by atoms with van der Waals surface area (Å²) in [7, 11) is 0. The van der Waals surface area contributed by atoms with Gasteiger partial charge in [0.1, 0.15) is 23.7 Å². The van der Waals surface area contributed by atoms with Crippen LogP contribution in [-0.4, -0.2) is 17.0 Å². The maximum Gasteiger partial charge on any atom is 0.149 e. The predicted octanol–water partition coefficient (Wildman–Crippen LogP) is 2.87. The van der Waals surface area contributed by atoms with Gasteiger partial charge >= 0.3 is 0 Å². The third-order valence-corrected chi connectivity index (χ3v) is 3.86. The number of thioether (sulfide) groups is 1. The van der Waals surface area contributed by atoms with Crippen LogP contribution in [0, 0.1) is 0 Å². The van der Waals surface area contributed by atoms with E-state index >= 15 is 0 Å². The molecule has 0 fully saturated rings. The van der Waals surface area contributed by atoms with Gasteiger partial charge in [-0.25, -0.2) is 0 Å². The number of para-hydroxylation sites is 1. The molecule has 0 saturated carbocycles. The second kappa shape index (κ2) is 4.47. The summed E-state index contributed by atoms with van der Waals surface area (Å²) >= 11 is 1.70. The Morgan fingerprint density at radius 3 is 2.94 bits per heavy atom. The van der Waals surface area contributed by atoms with Crippen molar-refractivity contribution >= 4 is 11.8 Å². The number of hydrogen-bond acceptors (Lipinski definition) is 4. The van der Waals surface area contributed by atoms with Gasteiger partial charge in [-0.1, -0.05) is 12.1 Å². The van der Waals surface area contributed by atoms with E-state index in [1.807, 2.05) is 24.3 Å². The molecule has 17 heavy (non-hydrogen) atoms. The Morgan fingerprint density at radius 2 is 2.12 bits per heavy atom. The summed E-state index contributed by atoms with van der Waals surface area (Å²) < 4.78 is 11.0. The minimum atomic E-state index is -0.717.